The number of anilines is 1. The number of aromatic nitrogens is 1. The summed E-state index contributed by atoms with van der Waals surface area (Å²) in [5.41, 5.74) is 1.01. The van der Waals surface area contributed by atoms with Crippen molar-refractivity contribution in [3.8, 4) is 11.5 Å². The van der Waals surface area contributed by atoms with Crippen LogP contribution in [0.15, 0.2) is 42.6 Å². The number of carbonyl (C=O) groups is 1. The van der Waals surface area contributed by atoms with Gasteiger partial charge in [-0.15, -0.1) is 0 Å². The highest BCUT2D eigenvalue weighted by Crippen LogP contribution is 2.33. The first-order valence-corrected chi connectivity index (χ1v) is 11.6. The molecular weight excluding hydrogens is 404 g/mol. The first-order chi connectivity index (χ1) is 15.6. The van der Waals surface area contributed by atoms with Crippen molar-refractivity contribution in [2.75, 3.05) is 44.7 Å². The summed E-state index contributed by atoms with van der Waals surface area (Å²) >= 11 is 0. The molecule has 1 aliphatic carbocycles. The first-order valence-electron chi connectivity index (χ1n) is 11.6. The second-order valence-electron chi connectivity index (χ2n) is 8.67. The van der Waals surface area contributed by atoms with E-state index in [1.54, 1.807) is 7.11 Å². The fourth-order valence-corrected chi connectivity index (χ4v) is 4.49. The van der Waals surface area contributed by atoms with E-state index in [1.165, 1.54) is 12.8 Å². The number of hydrogen-bond donors (Lipinski definition) is 1. The highest BCUT2D eigenvalue weighted by Gasteiger charge is 2.22. The summed E-state index contributed by atoms with van der Waals surface area (Å²) in [6.07, 6.45) is 6.77. The summed E-state index contributed by atoms with van der Waals surface area (Å²) in [5, 5.41) is 3.13. The number of nitrogens with zero attached hydrogens (tertiary/aromatic N) is 3. The maximum atomic E-state index is 12.7. The Hall–Kier alpha value is -2.80. The second kappa shape index (κ2) is 10.7. The molecule has 2 aliphatic rings. The van der Waals surface area contributed by atoms with E-state index >= 15 is 0 Å². The van der Waals surface area contributed by atoms with E-state index in [0.717, 1.165) is 61.9 Å². The van der Waals surface area contributed by atoms with Crippen molar-refractivity contribution in [1.29, 1.82) is 0 Å². The summed E-state index contributed by atoms with van der Waals surface area (Å²) in [6, 6.07) is 11.8. The van der Waals surface area contributed by atoms with Crippen LogP contribution in [-0.2, 0) is 4.79 Å². The number of carbonyl (C=O) groups excluding carboxylic acids is 1. The molecule has 1 aromatic heterocycles. The van der Waals surface area contributed by atoms with Gasteiger partial charge in [0.15, 0.2) is 11.5 Å². The smallest absolute Gasteiger partial charge is 0.234 e. The van der Waals surface area contributed by atoms with Crippen LogP contribution in [0.2, 0.25) is 0 Å². The Balaban J connectivity index is 1.27. The molecule has 2 aromatic rings. The Morgan fingerprint density at radius 2 is 1.91 bits per heavy atom. The lowest BCUT2D eigenvalue weighted by atomic mass is 10.1. The fraction of sp³-hybridized carbons (Fsp3) is 0.520. The normalized spacial score (nSPS) is 18.4. The van der Waals surface area contributed by atoms with Crippen molar-refractivity contribution in [2.24, 2.45) is 0 Å². The Kier molecular flexibility index (Phi) is 7.47. The lowest BCUT2D eigenvalue weighted by Crippen LogP contribution is -2.49. The van der Waals surface area contributed by atoms with Gasteiger partial charge in [0.05, 0.1) is 25.8 Å². The lowest BCUT2D eigenvalue weighted by Gasteiger charge is -2.35. The zero-order chi connectivity index (χ0) is 22.3. The number of rotatable bonds is 8. The standard InChI is InChI=1S/C25H34N4O3/c1-19(20-10-11-22(23(17-20)31-2)32-21-7-3-4-8-21)27-25(30)18-28-13-15-29(16-14-28)24-9-5-6-12-26-24/h5-6,9-12,17,19,21H,3-4,7-8,13-16,18H2,1-2H3,(H,27,30). The Morgan fingerprint density at radius 1 is 1.12 bits per heavy atom. The van der Waals surface area contributed by atoms with E-state index in [4.69, 9.17) is 9.47 Å². The molecule has 32 heavy (non-hydrogen) atoms. The summed E-state index contributed by atoms with van der Waals surface area (Å²) in [6.45, 7) is 5.85. The van der Waals surface area contributed by atoms with E-state index in [9.17, 15) is 4.79 Å². The van der Waals surface area contributed by atoms with Gasteiger partial charge in [-0.3, -0.25) is 9.69 Å². The van der Waals surface area contributed by atoms with Crippen LogP contribution in [-0.4, -0.2) is 61.7 Å². The summed E-state index contributed by atoms with van der Waals surface area (Å²) in [5.74, 6) is 2.54. The number of pyridine rings is 1. The molecule has 172 valence electrons. The van der Waals surface area contributed by atoms with Gasteiger partial charge in [-0.2, -0.15) is 0 Å². The monoisotopic (exact) mass is 438 g/mol. The van der Waals surface area contributed by atoms with E-state index in [1.807, 2.05) is 49.5 Å². The predicted octanol–water partition coefficient (Wildman–Crippen LogP) is 3.41. The van der Waals surface area contributed by atoms with Crippen molar-refractivity contribution in [3.63, 3.8) is 0 Å². The maximum absolute atomic E-state index is 12.7. The molecular formula is C25H34N4O3. The molecule has 2 fully saturated rings. The molecule has 1 saturated carbocycles. The summed E-state index contributed by atoms with van der Waals surface area (Å²) in [7, 11) is 1.66. The maximum Gasteiger partial charge on any atom is 0.234 e. The molecule has 1 saturated heterocycles. The van der Waals surface area contributed by atoms with Crippen molar-refractivity contribution in [3.05, 3.63) is 48.2 Å². The lowest BCUT2D eigenvalue weighted by molar-refractivity contribution is -0.123. The number of benzene rings is 1. The highest BCUT2D eigenvalue weighted by atomic mass is 16.5. The van der Waals surface area contributed by atoms with Crippen LogP contribution in [0.3, 0.4) is 0 Å². The molecule has 2 heterocycles. The minimum absolute atomic E-state index is 0.0361. The van der Waals surface area contributed by atoms with Gasteiger partial charge in [-0.05, 0) is 62.4 Å². The molecule has 0 radical (unpaired) electrons. The number of piperazine rings is 1. The number of nitrogens with one attached hydrogen (secondary N) is 1. The van der Waals surface area contributed by atoms with Gasteiger partial charge in [-0.25, -0.2) is 4.98 Å². The number of amides is 1. The van der Waals surface area contributed by atoms with E-state index < -0.39 is 0 Å². The Bertz CT molecular complexity index is 878. The molecule has 4 rings (SSSR count). The molecule has 7 heteroatoms. The Labute approximate surface area is 190 Å². The fourth-order valence-electron chi connectivity index (χ4n) is 4.49. The molecule has 1 aliphatic heterocycles. The van der Waals surface area contributed by atoms with Gasteiger partial charge < -0.3 is 19.7 Å². The van der Waals surface area contributed by atoms with Gasteiger partial charge in [0.1, 0.15) is 5.82 Å². The van der Waals surface area contributed by atoms with Gasteiger partial charge in [0, 0.05) is 32.4 Å². The van der Waals surface area contributed by atoms with Gasteiger partial charge >= 0.3 is 0 Å². The first kappa shape index (κ1) is 22.4. The van der Waals surface area contributed by atoms with Gasteiger partial charge in [0.2, 0.25) is 5.91 Å². The highest BCUT2D eigenvalue weighted by molar-refractivity contribution is 5.78. The molecule has 1 amide bonds. The number of methoxy groups -OCH3 is 1. The van der Waals surface area contributed by atoms with Crippen LogP contribution in [0, 0.1) is 0 Å². The zero-order valence-corrected chi connectivity index (χ0v) is 19.1. The van der Waals surface area contributed by atoms with Crippen molar-refractivity contribution >= 4 is 11.7 Å². The van der Waals surface area contributed by atoms with Crippen molar-refractivity contribution in [2.45, 2.75) is 44.8 Å². The van der Waals surface area contributed by atoms with Gasteiger partial charge in [-0.1, -0.05) is 12.1 Å². The van der Waals surface area contributed by atoms with E-state index in [-0.39, 0.29) is 18.1 Å². The molecule has 1 aromatic carbocycles. The minimum atomic E-state index is -0.105. The van der Waals surface area contributed by atoms with E-state index in [2.05, 4.69) is 20.1 Å². The third-order valence-electron chi connectivity index (χ3n) is 6.37. The van der Waals surface area contributed by atoms with Crippen LogP contribution < -0.4 is 19.7 Å². The van der Waals surface area contributed by atoms with Crippen LogP contribution in [0.5, 0.6) is 11.5 Å². The largest absolute Gasteiger partial charge is 0.493 e. The summed E-state index contributed by atoms with van der Waals surface area (Å²) < 4.78 is 11.7. The average Bonchev–Trinajstić information content (AvgIpc) is 3.33. The van der Waals surface area contributed by atoms with Crippen LogP contribution >= 0.6 is 0 Å². The van der Waals surface area contributed by atoms with Crippen LogP contribution in [0.25, 0.3) is 0 Å². The van der Waals surface area contributed by atoms with Crippen LogP contribution in [0.1, 0.15) is 44.2 Å². The molecule has 0 spiro atoms. The minimum Gasteiger partial charge on any atom is -0.493 e. The quantitative estimate of drug-likeness (QED) is 0.681. The molecule has 0 bridgehead atoms. The summed E-state index contributed by atoms with van der Waals surface area (Å²) in [4.78, 5) is 21.5. The second-order valence-corrected chi connectivity index (χ2v) is 8.67. The van der Waals surface area contributed by atoms with Crippen LogP contribution in [0.4, 0.5) is 5.82 Å². The third kappa shape index (κ3) is 5.71. The van der Waals surface area contributed by atoms with E-state index in [0.29, 0.717) is 6.54 Å². The topological polar surface area (TPSA) is 66.9 Å². The third-order valence-corrected chi connectivity index (χ3v) is 6.37. The van der Waals surface area contributed by atoms with Crippen molar-refractivity contribution < 1.29 is 14.3 Å². The molecule has 1 unspecified atom stereocenters. The number of ether oxygens (including phenoxy) is 2. The SMILES string of the molecule is COc1cc(C(C)NC(=O)CN2CCN(c3ccccn3)CC2)ccc1OC1CCCC1. The molecule has 1 N–H and O–H groups in total. The predicted molar refractivity (Wildman–Crippen MR) is 125 cm³/mol. The molecule has 7 nitrogen and oxygen atoms in total. The van der Waals surface area contributed by atoms with Gasteiger partial charge in [0.25, 0.3) is 0 Å². The number of hydrogen-bond acceptors (Lipinski definition) is 6. The molecule has 1 atom stereocenters. The van der Waals surface area contributed by atoms with Crippen molar-refractivity contribution in [1.82, 2.24) is 15.2 Å². The Morgan fingerprint density at radius 3 is 2.59 bits per heavy atom. The zero-order valence-electron chi connectivity index (χ0n) is 19.1. The average molecular weight is 439 g/mol.